The number of carbonyl (C=O) groups excluding carboxylic acids is 4. The Morgan fingerprint density at radius 3 is 1.35 bits per heavy atom. The molecule has 37 heavy (non-hydrogen) atoms. The highest BCUT2D eigenvalue weighted by atomic mass is 17.5. The molecule has 200 valence electrons. The largest absolute Gasteiger partial charge is 0.543 e. The molecular weight excluding hydrogens is 492 g/mol. The number of hydrogen-bond acceptors (Lipinski definition) is 12. The molecule has 0 amide bonds. The van der Waals surface area contributed by atoms with Crippen LogP contribution in [0, 0.1) is 19.3 Å². The fourth-order valence-electron chi connectivity index (χ4n) is 3.02. The summed E-state index contributed by atoms with van der Waals surface area (Å²) in [6.07, 6.45) is -1.71. The number of rotatable bonds is 12. The van der Waals surface area contributed by atoms with Gasteiger partial charge in [-0.15, -0.1) is 0 Å². The van der Waals surface area contributed by atoms with Crippen molar-refractivity contribution in [3.63, 3.8) is 0 Å². The standard InChI is InChI=1S/C25H28O12/c1-5-25(6-2,15-30-23(28)34-36-32-21(26)19-13-9-7-11-17(19)3)16-31-24(29)35-37-33-22(27)20-14-10-8-12-18(20)4/h7-14H,5-6,15-16H2,1-4H3. The van der Waals surface area contributed by atoms with Crippen LogP contribution in [-0.4, -0.2) is 37.5 Å². The Morgan fingerprint density at radius 1 is 0.622 bits per heavy atom. The van der Waals surface area contributed by atoms with E-state index in [0.717, 1.165) is 0 Å². The van der Waals surface area contributed by atoms with Gasteiger partial charge in [0.05, 0.1) is 21.2 Å². The minimum absolute atomic E-state index is 0.230. The van der Waals surface area contributed by atoms with Crippen molar-refractivity contribution in [3.8, 4) is 0 Å². The van der Waals surface area contributed by atoms with Gasteiger partial charge in [0.15, 0.2) is 0 Å². The molecule has 0 aliphatic rings. The van der Waals surface area contributed by atoms with E-state index in [9.17, 15) is 19.2 Å². The Hall–Kier alpha value is -4.16. The van der Waals surface area contributed by atoms with Gasteiger partial charge in [-0.1, -0.05) is 50.2 Å². The lowest BCUT2D eigenvalue weighted by Gasteiger charge is -2.29. The first kappa shape index (κ1) is 29.1. The fraction of sp³-hybridized carbons (Fsp3) is 0.360. The van der Waals surface area contributed by atoms with Crippen molar-refractivity contribution in [2.24, 2.45) is 5.41 Å². The minimum Gasteiger partial charge on any atom is -0.432 e. The second kappa shape index (κ2) is 14.4. The predicted octanol–water partition coefficient (Wildman–Crippen LogP) is 5.12. The quantitative estimate of drug-likeness (QED) is 0.208. The molecule has 0 aliphatic carbocycles. The highest BCUT2D eigenvalue weighted by Gasteiger charge is 2.31. The molecule has 2 aromatic rings. The van der Waals surface area contributed by atoms with Crippen molar-refractivity contribution in [2.45, 2.75) is 40.5 Å². The van der Waals surface area contributed by atoms with Gasteiger partial charge < -0.3 is 9.47 Å². The SMILES string of the molecule is CCC(CC)(COC(=O)OOOC(=O)c1ccccc1C)COC(=O)OOOC(=O)c1ccccc1C. The third kappa shape index (κ3) is 9.09. The highest BCUT2D eigenvalue weighted by Crippen LogP contribution is 2.28. The van der Waals surface area contributed by atoms with Crippen LogP contribution in [0.25, 0.3) is 0 Å². The average Bonchev–Trinajstić information content (AvgIpc) is 2.89. The molecule has 12 nitrogen and oxygen atoms in total. The molecule has 0 atom stereocenters. The Bertz CT molecular complexity index is 995. The Kier molecular flexibility index (Phi) is 11.3. The van der Waals surface area contributed by atoms with Gasteiger partial charge in [0.2, 0.25) is 0 Å². The summed E-state index contributed by atoms with van der Waals surface area (Å²) in [4.78, 5) is 65.0. The van der Waals surface area contributed by atoms with Gasteiger partial charge >= 0.3 is 24.2 Å². The lowest BCUT2D eigenvalue weighted by Crippen LogP contribution is -2.33. The smallest absolute Gasteiger partial charge is 0.432 e. The van der Waals surface area contributed by atoms with Gasteiger partial charge in [-0.2, -0.15) is 0 Å². The lowest BCUT2D eigenvalue weighted by molar-refractivity contribution is -0.453. The van der Waals surface area contributed by atoms with Gasteiger partial charge in [0.1, 0.15) is 13.2 Å². The fourth-order valence-corrected chi connectivity index (χ4v) is 3.02. The molecule has 0 heterocycles. The van der Waals surface area contributed by atoms with E-state index in [1.165, 1.54) is 12.1 Å². The molecule has 0 bridgehead atoms. The molecule has 0 aliphatic heterocycles. The summed E-state index contributed by atoms with van der Waals surface area (Å²) in [5.74, 6) is -1.72. The summed E-state index contributed by atoms with van der Waals surface area (Å²) in [6, 6.07) is 13.2. The van der Waals surface area contributed by atoms with Gasteiger partial charge in [-0.05, 0) is 49.9 Å². The molecule has 0 unspecified atom stereocenters. The van der Waals surface area contributed by atoms with Crippen LogP contribution in [0.2, 0.25) is 0 Å². The van der Waals surface area contributed by atoms with Crippen LogP contribution >= 0.6 is 0 Å². The molecular formula is C25H28O12. The lowest BCUT2D eigenvalue weighted by atomic mass is 9.84. The van der Waals surface area contributed by atoms with Gasteiger partial charge in [-0.25, -0.2) is 29.0 Å². The maximum absolute atomic E-state index is 11.9. The molecule has 0 spiro atoms. The second-order valence-corrected chi connectivity index (χ2v) is 7.96. The molecule has 12 heteroatoms. The average molecular weight is 520 g/mol. The van der Waals surface area contributed by atoms with Crippen LogP contribution in [0.1, 0.15) is 58.5 Å². The zero-order valence-corrected chi connectivity index (χ0v) is 20.8. The maximum Gasteiger partial charge on any atom is 0.543 e. The third-order valence-electron chi connectivity index (χ3n) is 5.65. The molecule has 0 saturated heterocycles. The van der Waals surface area contributed by atoms with Crippen molar-refractivity contribution >= 4 is 24.2 Å². The monoisotopic (exact) mass is 520 g/mol. The van der Waals surface area contributed by atoms with Crippen molar-refractivity contribution in [2.75, 3.05) is 13.2 Å². The maximum atomic E-state index is 11.9. The van der Waals surface area contributed by atoms with E-state index in [-0.39, 0.29) is 24.3 Å². The number of carbonyl (C=O) groups is 4. The van der Waals surface area contributed by atoms with Crippen LogP contribution < -0.4 is 0 Å². The van der Waals surface area contributed by atoms with Gasteiger partial charge in [0, 0.05) is 5.41 Å². The summed E-state index contributed by atoms with van der Waals surface area (Å²) in [7, 11) is 0. The summed E-state index contributed by atoms with van der Waals surface area (Å²) in [5.41, 5.74) is 0.931. The van der Waals surface area contributed by atoms with Crippen LogP contribution in [0.15, 0.2) is 48.5 Å². The van der Waals surface area contributed by atoms with E-state index in [4.69, 9.17) is 9.47 Å². The van der Waals surface area contributed by atoms with Gasteiger partial charge in [0.25, 0.3) is 0 Å². The topological polar surface area (TPSA) is 142 Å². The zero-order valence-electron chi connectivity index (χ0n) is 20.8. The van der Waals surface area contributed by atoms with E-state index >= 15 is 0 Å². The Morgan fingerprint density at radius 2 is 1.00 bits per heavy atom. The third-order valence-corrected chi connectivity index (χ3v) is 5.65. The van der Waals surface area contributed by atoms with Crippen LogP contribution in [0.4, 0.5) is 9.59 Å². The Balaban J connectivity index is 1.72. The molecule has 0 radical (unpaired) electrons. The molecule has 0 fully saturated rings. The van der Waals surface area contributed by atoms with Crippen LogP contribution in [-0.2, 0) is 39.1 Å². The van der Waals surface area contributed by atoms with Crippen LogP contribution in [0.5, 0.6) is 0 Å². The number of aryl methyl sites for hydroxylation is 2. The molecule has 2 rings (SSSR count). The zero-order chi connectivity index (χ0) is 27.3. The van der Waals surface area contributed by atoms with E-state index in [1.807, 2.05) is 0 Å². The highest BCUT2D eigenvalue weighted by molar-refractivity contribution is 5.91. The van der Waals surface area contributed by atoms with E-state index in [2.05, 4.69) is 29.6 Å². The van der Waals surface area contributed by atoms with Crippen molar-refractivity contribution < 1.29 is 58.3 Å². The predicted molar refractivity (Wildman–Crippen MR) is 123 cm³/mol. The Labute approximate surface area is 213 Å². The number of benzene rings is 2. The molecule has 2 aromatic carbocycles. The first-order valence-corrected chi connectivity index (χ1v) is 11.3. The van der Waals surface area contributed by atoms with Crippen molar-refractivity contribution in [3.05, 3.63) is 70.8 Å². The summed E-state index contributed by atoms with van der Waals surface area (Å²) >= 11 is 0. The number of ether oxygens (including phenoxy) is 2. The normalized spacial score (nSPS) is 10.7. The summed E-state index contributed by atoms with van der Waals surface area (Å²) in [5, 5.41) is 8.43. The first-order valence-electron chi connectivity index (χ1n) is 11.3. The van der Waals surface area contributed by atoms with Crippen molar-refractivity contribution in [1.82, 2.24) is 0 Å². The minimum atomic E-state index is -1.28. The van der Waals surface area contributed by atoms with Crippen molar-refractivity contribution in [1.29, 1.82) is 0 Å². The van der Waals surface area contributed by atoms with E-state index < -0.39 is 29.7 Å². The summed E-state index contributed by atoms with van der Waals surface area (Å²) < 4.78 is 9.99. The van der Waals surface area contributed by atoms with E-state index in [0.29, 0.717) is 24.0 Å². The summed E-state index contributed by atoms with van der Waals surface area (Å²) in [6.45, 7) is 6.50. The molecule has 0 N–H and O–H groups in total. The van der Waals surface area contributed by atoms with Crippen LogP contribution in [0.3, 0.4) is 0 Å². The molecule has 0 aromatic heterocycles. The molecule has 0 saturated carbocycles. The van der Waals surface area contributed by atoms with Gasteiger partial charge in [-0.3, -0.25) is 9.78 Å². The van der Waals surface area contributed by atoms with E-state index in [1.54, 1.807) is 64.1 Å². The second-order valence-electron chi connectivity index (χ2n) is 7.96. The number of hydrogen-bond donors (Lipinski definition) is 0. The first-order chi connectivity index (χ1) is 17.7.